The van der Waals surface area contributed by atoms with Crippen LogP contribution in [0.2, 0.25) is 0 Å². The van der Waals surface area contributed by atoms with Gasteiger partial charge < -0.3 is 20.5 Å². The van der Waals surface area contributed by atoms with E-state index in [2.05, 4.69) is 10.6 Å². The first kappa shape index (κ1) is 12.2. The number of aliphatic carboxylic acids is 1. The number of fused-ring (bicyclic) bond motifs is 2. The molecule has 0 aromatic carbocycles. The Balaban J connectivity index is 1.79. The number of carboxylic acids is 1. The van der Waals surface area contributed by atoms with Gasteiger partial charge in [0.05, 0.1) is 18.2 Å². The summed E-state index contributed by atoms with van der Waals surface area (Å²) in [5.41, 5.74) is 0. The summed E-state index contributed by atoms with van der Waals surface area (Å²) in [5.74, 6) is -1.01. The van der Waals surface area contributed by atoms with Crippen molar-refractivity contribution < 1.29 is 19.4 Å². The van der Waals surface area contributed by atoms with Crippen LogP contribution in [0, 0.1) is 0 Å². The first-order valence-corrected chi connectivity index (χ1v) is 6.05. The first-order chi connectivity index (χ1) is 8.10. The molecule has 3 unspecified atom stereocenters. The predicted molar refractivity (Wildman–Crippen MR) is 59.7 cm³/mol. The van der Waals surface area contributed by atoms with Crippen molar-refractivity contribution in [2.24, 2.45) is 0 Å². The summed E-state index contributed by atoms with van der Waals surface area (Å²) in [6.45, 7) is 1.72. The lowest BCUT2D eigenvalue weighted by Crippen LogP contribution is -2.51. The highest BCUT2D eigenvalue weighted by atomic mass is 16.5. The molecule has 6 nitrogen and oxygen atoms in total. The molecule has 2 amide bonds. The number of hydrogen-bond donors (Lipinski definition) is 3. The van der Waals surface area contributed by atoms with Crippen LogP contribution in [-0.2, 0) is 9.53 Å². The van der Waals surface area contributed by atoms with Gasteiger partial charge in [0, 0.05) is 0 Å². The van der Waals surface area contributed by atoms with Crippen LogP contribution in [0.3, 0.4) is 0 Å². The van der Waals surface area contributed by atoms with Gasteiger partial charge in [-0.25, -0.2) is 9.59 Å². The zero-order chi connectivity index (χ0) is 12.4. The predicted octanol–water partition coefficient (Wildman–Crippen LogP) is 0.469. The van der Waals surface area contributed by atoms with Crippen molar-refractivity contribution in [2.45, 2.75) is 56.9 Å². The molecular formula is C11H18N2O4. The van der Waals surface area contributed by atoms with Crippen molar-refractivity contribution in [2.75, 3.05) is 0 Å². The molecule has 2 aliphatic rings. The zero-order valence-corrected chi connectivity index (χ0v) is 9.81. The van der Waals surface area contributed by atoms with Gasteiger partial charge >= 0.3 is 12.0 Å². The van der Waals surface area contributed by atoms with Gasteiger partial charge in [-0.3, -0.25) is 0 Å². The minimum Gasteiger partial charge on any atom is -0.480 e. The van der Waals surface area contributed by atoms with Gasteiger partial charge in [-0.05, 0) is 25.7 Å². The summed E-state index contributed by atoms with van der Waals surface area (Å²) in [7, 11) is 0. The molecule has 3 N–H and O–H groups in total. The van der Waals surface area contributed by atoms with E-state index in [1.54, 1.807) is 6.92 Å². The number of nitrogens with one attached hydrogen (secondary N) is 2. The Hall–Kier alpha value is -1.30. The monoisotopic (exact) mass is 242 g/mol. The van der Waals surface area contributed by atoms with Gasteiger partial charge in [0.1, 0.15) is 6.04 Å². The van der Waals surface area contributed by atoms with Crippen LogP contribution >= 0.6 is 0 Å². The molecule has 0 aromatic heterocycles. The van der Waals surface area contributed by atoms with Gasteiger partial charge in [0.2, 0.25) is 0 Å². The number of hydrogen-bond acceptors (Lipinski definition) is 3. The summed E-state index contributed by atoms with van der Waals surface area (Å²) in [6, 6.07) is -1.21. The second kappa shape index (κ2) is 4.91. The van der Waals surface area contributed by atoms with Crippen molar-refractivity contribution in [3.8, 4) is 0 Å². The Morgan fingerprint density at radius 2 is 2.24 bits per heavy atom. The largest absolute Gasteiger partial charge is 0.480 e. The topological polar surface area (TPSA) is 87.7 Å². The maximum atomic E-state index is 11.6. The average Bonchev–Trinajstić information content (AvgIpc) is 2.87. The van der Waals surface area contributed by atoms with E-state index in [4.69, 9.17) is 9.84 Å². The highest BCUT2D eigenvalue weighted by Gasteiger charge is 2.41. The van der Waals surface area contributed by atoms with Crippen LogP contribution in [-0.4, -0.2) is 41.4 Å². The van der Waals surface area contributed by atoms with E-state index in [9.17, 15) is 9.59 Å². The van der Waals surface area contributed by atoms with Crippen LogP contribution in [0.1, 0.15) is 32.6 Å². The molecule has 96 valence electrons. The smallest absolute Gasteiger partial charge is 0.326 e. The van der Waals surface area contributed by atoms with Gasteiger partial charge in [0.25, 0.3) is 0 Å². The number of amides is 2. The van der Waals surface area contributed by atoms with Crippen LogP contribution in [0.25, 0.3) is 0 Å². The number of carbonyl (C=O) groups is 2. The summed E-state index contributed by atoms with van der Waals surface area (Å²) in [6.07, 6.45) is 3.63. The zero-order valence-electron chi connectivity index (χ0n) is 9.81. The highest BCUT2D eigenvalue weighted by molar-refractivity contribution is 5.82. The van der Waals surface area contributed by atoms with E-state index in [1.807, 2.05) is 0 Å². The van der Waals surface area contributed by atoms with E-state index in [0.717, 1.165) is 19.3 Å². The molecule has 6 heteroatoms. The number of carbonyl (C=O) groups excluding carboxylic acids is 1. The fourth-order valence-electron chi connectivity index (χ4n) is 2.50. The number of carboxylic acid groups (broad SMARTS) is 1. The second-order valence-electron chi connectivity index (χ2n) is 4.63. The molecule has 0 saturated carbocycles. The molecule has 2 fully saturated rings. The molecular weight excluding hydrogens is 224 g/mol. The molecule has 0 aliphatic carbocycles. The lowest BCUT2D eigenvalue weighted by molar-refractivity contribution is -0.139. The number of rotatable bonds is 4. The Kier molecular flexibility index (Phi) is 3.51. The van der Waals surface area contributed by atoms with Crippen molar-refractivity contribution >= 4 is 12.0 Å². The van der Waals surface area contributed by atoms with Gasteiger partial charge in [0.15, 0.2) is 0 Å². The SMILES string of the molecule is CC[C@@H](NC(=O)NC1CC2CCC1O2)C(=O)O. The van der Waals surface area contributed by atoms with Crippen molar-refractivity contribution in [1.82, 2.24) is 10.6 Å². The number of urea groups is 1. The molecule has 0 spiro atoms. The standard InChI is InChI=1S/C11H18N2O4/c1-2-7(10(14)15)12-11(16)13-8-5-6-3-4-9(8)17-6/h6-9H,2-5H2,1H3,(H,14,15)(H2,12,13,16)/t6?,7-,8?,9?/m1/s1. The molecule has 2 rings (SSSR count). The highest BCUT2D eigenvalue weighted by Crippen LogP contribution is 2.34. The van der Waals surface area contributed by atoms with Gasteiger partial charge in [-0.15, -0.1) is 0 Å². The quantitative estimate of drug-likeness (QED) is 0.668. The van der Waals surface area contributed by atoms with Crippen molar-refractivity contribution in [1.29, 1.82) is 0 Å². The Labute approximate surface area is 99.7 Å². The van der Waals surface area contributed by atoms with Crippen molar-refractivity contribution in [3.63, 3.8) is 0 Å². The minimum absolute atomic E-state index is 0.0278. The summed E-state index contributed by atoms with van der Waals surface area (Å²) in [5, 5.41) is 14.1. The van der Waals surface area contributed by atoms with Crippen LogP contribution < -0.4 is 10.6 Å². The van der Waals surface area contributed by atoms with Gasteiger partial charge in [-0.1, -0.05) is 6.92 Å². The Bertz CT molecular complexity index is 321. The molecule has 2 aliphatic heterocycles. The molecule has 0 radical (unpaired) electrons. The van der Waals surface area contributed by atoms with E-state index in [-0.39, 0.29) is 18.2 Å². The van der Waals surface area contributed by atoms with Crippen LogP contribution in [0.5, 0.6) is 0 Å². The first-order valence-electron chi connectivity index (χ1n) is 6.05. The molecule has 4 atom stereocenters. The van der Waals surface area contributed by atoms with E-state index in [0.29, 0.717) is 6.42 Å². The van der Waals surface area contributed by atoms with Crippen LogP contribution in [0.15, 0.2) is 0 Å². The maximum absolute atomic E-state index is 11.6. The number of ether oxygens (including phenoxy) is 1. The fraction of sp³-hybridized carbons (Fsp3) is 0.818. The van der Waals surface area contributed by atoms with E-state index < -0.39 is 18.0 Å². The minimum atomic E-state index is -1.01. The summed E-state index contributed by atoms with van der Waals surface area (Å²) >= 11 is 0. The lowest BCUT2D eigenvalue weighted by Gasteiger charge is -2.21. The molecule has 0 aromatic rings. The normalized spacial score (nSPS) is 32.2. The third-order valence-corrected chi connectivity index (χ3v) is 3.43. The second-order valence-corrected chi connectivity index (χ2v) is 4.63. The lowest BCUT2D eigenvalue weighted by atomic mass is 9.96. The van der Waals surface area contributed by atoms with E-state index in [1.165, 1.54) is 0 Å². The maximum Gasteiger partial charge on any atom is 0.326 e. The molecule has 2 bridgehead atoms. The van der Waals surface area contributed by atoms with Crippen molar-refractivity contribution in [3.05, 3.63) is 0 Å². The molecule has 17 heavy (non-hydrogen) atoms. The summed E-state index contributed by atoms with van der Waals surface area (Å²) < 4.78 is 5.61. The Morgan fingerprint density at radius 1 is 1.47 bits per heavy atom. The third kappa shape index (κ3) is 2.69. The third-order valence-electron chi connectivity index (χ3n) is 3.43. The average molecular weight is 242 g/mol. The fourth-order valence-corrected chi connectivity index (χ4v) is 2.50. The molecule has 2 heterocycles. The van der Waals surface area contributed by atoms with Gasteiger partial charge in [-0.2, -0.15) is 0 Å². The summed E-state index contributed by atoms with van der Waals surface area (Å²) in [4.78, 5) is 22.4. The Morgan fingerprint density at radius 3 is 2.71 bits per heavy atom. The van der Waals surface area contributed by atoms with E-state index >= 15 is 0 Å². The van der Waals surface area contributed by atoms with Crippen LogP contribution in [0.4, 0.5) is 4.79 Å². The molecule has 2 saturated heterocycles.